The molecule has 21 heteroatoms. The molecule has 9 aromatic heterocycles. The molecule has 608 valence electrons. The van der Waals surface area contributed by atoms with Gasteiger partial charge in [-0.25, -0.2) is 0 Å². The van der Waals surface area contributed by atoms with Crippen molar-refractivity contribution >= 4 is 133 Å². The molecule has 122 heavy (non-hydrogen) atoms. The molecular formula is C101H81N3O12S6. The minimum atomic E-state index is 0.256. The highest BCUT2D eigenvalue weighted by Crippen LogP contribution is 2.62. The van der Waals surface area contributed by atoms with Gasteiger partial charge in [0, 0.05) is 105 Å². The maximum atomic E-state index is 6.34. The number of hydrogen-bond acceptors (Lipinski definition) is 18. The molecule has 0 atom stereocenters. The highest BCUT2D eigenvalue weighted by Gasteiger charge is 2.35. The molecule has 25 rings (SSSR count). The summed E-state index contributed by atoms with van der Waals surface area (Å²) in [6.45, 7) is 20.1. The second-order valence-electron chi connectivity index (χ2n) is 32.0. The first-order valence-electron chi connectivity index (χ1n) is 41.5. The molecule has 0 saturated heterocycles. The van der Waals surface area contributed by atoms with Gasteiger partial charge in [-0.1, -0.05) is 97.1 Å². The largest absolute Gasteiger partial charge is 0.485 e. The summed E-state index contributed by atoms with van der Waals surface area (Å²) in [6, 6.07) is 72.5. The molecule has 15 nitrogen and oxygen atoms in total. The van der Waals surface area contributed by atoms with E-state index in [2.05, 4.69) is 249 Å². The Hall–Kier alpha value is -12.1. The monoisotopic (exact) mass is 1720 g/mol. The van der Waals surface area contributed by atoms with Gasteiger partial charge in [-0.05, 0) is 205 Å². The van der Waals surface area contributed by atoms with Crippen molar-refractivity contribution in [3.05, 3.63) is 216 Å². The summed E-state index contributed by atoms with van der Waals surface area (Å²) in [4.78, 5) is 8.38. The van der Waals surface area contributed by atoms with Crippen LogP contribution in [0.3, 0.4) is 0 Å². The molecule has 0 fully saturated rings. The zero-order valence-corrected chi connectivity index (χ0v) is 72.6. The predicted octanol–water partition coefficient (Wildman–Crippen LogP) is 27.7. The number of rotatable bonds is 11. The van der Waals surface area contributed by atoms with Crippen LogP contribution >= 0.6 is 68.0 Å². The van der Waals surface area contributed by atoms with Crippen LogP contribution in [0, 0.1) is 0 Å². The maximum absolute atomic E-state index is 6.34. The van der Waals surface area contributed by atoms with Crippen LogP contribution in [-0.2, 0) is 0 Å². The Morgan fingerprint density at radius 2 is 0.426 bits per heavy atom. The summed E-state index contributed by atoms with van der Waals surface area (Å²) in [5.74, 6) is 9.73. The molecule has 0 amide bonds. The van der Waals surface area contributed by atoms with E-state index < -0.39 is 0 Å². The molecule has 15 aromatic rings. The fourth-order valence-electron chi connectivity index (χ4n) is 18.3. The number of hydrogen-bond donors (Lipinski definition) is 0. The molecular weight excluding hydrogens is 1640 g/mol. The lowest BCUT2D eigenvalue weighted by Gasteiger charge is -2.18. The van der Waals surface area contributed by atoms with Gasteiger partial charge in [0.05, 0.1) is 39.0 Å². The van der Waals surface area contributed by atoms with Crippen LogP contribution < -0.4 is 56.8 Å². The molecule has 0 bridgehead atoms. The van der Waals surface area contributed by atoms with E-state index in [1.54, 1.807) is 68.0 Å². The minimum Gasteiger partial charge on any atom is -0.485 e. The van der Waals surface area contributed by atoms with Crippen LogP contribution in [0.5, 0.6) is 69.0 Å². The van der Waals surface area contributed by atoms with Crippen LogP contribution in [0.15, 0.2) is 216 Å². The number of aromatic nitrogens is 3. The fourth-order valence-corrected chi connectivity index (χ4v) is 24.6. The first-order valence-corrected chi connectivity index (χ1v) is 46.7. The molecule has 4 aliphatic carbocycles. The van der Waals surface area contributed by atoms with Crippen molar-refractivity contribution in [1.29, 1.82) is 0 Å². The standard InChI is InChI=1S/C39H31NO8S4.C35H27N.C27H23NO4S2/c1-19(2)40-24-5-3-20(34-30-32(47-13-11-45-30)38(51-34)36-28-26(17-49-36)41-7-9-43-28)15-22(24)23-16-21(4-6-25(23)40)35-31-33(48-14-12-46-31)39(52-35)37-29-27(18-50-37)42-8-10-44-29;1-23(2)36-34-15-13-28(30-17-24-9-5-3-6-10-25(24)18-30)21-32(34)33-22-29(14-16-35(33)36)31-19-26-11-7-4-8-12-27(26)20-31;1-15(2)28-20-5-3-16(26-24-22(13-33-26)29-7-9-31-24)11-18(20)19-12-17(4-6-21(19)28)27-25-23(14-34-27)30-8-10-32-25/h3-6,15-19H,7-14H2,1-2H3;3-23H,1-2H3;3-6,11-15H,7-10H2,1-2H3. The smallest absolute Gasteiger partial charge is 0.181 e. The summed E-state index contributed by atoms with van der Waals surface area (Å²) >= 11 is 9.96. The lowest BCUT2D eigenvalue weighted by molar-refractivity contribution is 0.172. The van der Waals surface area contributed by atoms with Crippen LogP contribution in [0.25, 0.3) is 171 Å². The molecule has 0 spiro atoms. The van der Waals surface area contributed by atoms with Gasteiger partial charge >= 0.3 is 0 Å². The van der Waals surface area contributed by atoms with Gasteiger partial charge in [-0.2, -0.15) is 0 Å². The number of nitrogens with zero attached hydrogens (tertiary/aromatic N) is 3. The summed E-state index contributed by atoms with van der Waals surface area (Å²) in [6.07, 6.45) is 0. The molecule has 6 aliphatic heterocycles. The molecule has 0 saturated carbocycles. The van der Waals surface area contributed by atoms with Crippen molar-refractivity contribution in [1.82, 2.24) is 13.7 Å². The van der Waals surface area contributed by atoms with E-state index in [9.17, 15) is 0 Å². The van der Waals surface area contributed by atoms with Crippen molar-refractivity contribution in [2.45, 2.75) is 59.7 Å². The summed E-state index contributed by atoms with van der Waals surface area (Å²) in [5, 5.41) is 15.6. The Balaban J connectivity index is 0.000000110. The first-order chi connectivity index (χ1) is 60.0. The van der Waals surface area contributed by atoms with Crippen molar-refractivity contribution < 1.29 is 56.8 Å². The van der Waals surface area contributed by atoms with Crippen LogP contribution in [0.2, 0.25) is 0 Å². The van der Waals surface area contributed by atoms with Crippen molar-refractivity contribution in [2.75, 3.05) is 79.3 Å². The lowest BCUT2D eigenvalue weighted by Crippen LogP contribution is -2.15. The SMILES string of the molecule is CC(C)n1c2ccc(-c3cc4cccccc-4c3)cc2c2cc(-c3cc4cccccc-4c3)ccc21.CC(C)n1c2ccc(-c3sc(-c4scc5c4OCCO5)c4c3OCCO4)cc2c2cc(-c3sc(-c4scc5c4OCCO5)c4c3OCCO4)ccc21.CC(C)n1c2ccc(-c3scc4c3OCCO4)cc2c2cc(-c3scc4c3OCCO4)ccc21. The molecule has 15 heterocycles. The third kappa shape index (κ3) is 12.7. The second kappa shape index (κ2) is 30.5. The second-order valence-corrected chi connectivity index (χ2v) is 37.5. The van der Waals surface area contributed by atoms with Crippen LogP contribution in [0.4, 0.5) is 0 Å². The third-order valence-electron chi connectivity index (χ3n) is 23.5. The van der Waals surface area contributed by atoms with Crippen molar-refractivity contribution in [3.63, 3.8) is 0 Å². The van der Waals surface area contributed by atoms with Crippen molar-refractivity contribution in [3.8, 4) is 175 Å². The minimum absolute atomic E-state index is 0.256. The first kappa shape index (κ1) is 74.9. The summed E-state index contributed by atoms with van der Waals surface area (Å²) in [7, 11) is 0. The molecule has 0 N–H and O–H groups in total. The molecule has 0 radical (unpaired) electrons. The van der Waals surface area contributed by atoms with E-state index in [0.717, 1.165) is 130 Å². The highest BCUT2D eigenvalue weighted by molar-refractivity contribution is 7.25. The Kier molecular flexibility index (Phi) is 18.7. The molecule has 0 unspecified atom stereocenters. The summed E-state index contributed by atoms with van der Waals surface area (Å²) in [5.41, 5.74) is 22.1. The Morgan fingerprint density at radius 1 is 0.205 bits per heavy atom. The van der Waals surface area contributed by atoms with Crippen LogP contribution in [-0.4, -0.2) is 93.0 Å². The van der Waals surface area contributed by atoms with Gasteiger partial charge in [0.25, 0.3) is 0 Å². The Labute approximate surface area is 727 Å². The topological polar surface area (TPSA) is 126 Å². The van der Waals surface area contributed by atoms with Gasteiger partial charge in [-0.15, -0.1) is 68.0 Å². The van der Waals surface area contributed by atoms with E-state index in [0.29, 0.717) is 91.4 Å². The zero-order valence-electron chi connectivity index (χ0n) is 67.7. The fraction of sp³-hybridized carbons (Fsp3) is 0.208. The lowest BCUT2D eigenvalue weighted by atomic mass is 10.0. The van der Waals surface area contributed by atoms with Gasteiger partial charge in [0.15, 0.2) is 69.0 Å². The number of benzene rings is 6. The summed E-state index contributed by atoms with van der Waals surface area (Å²) < 4.78 is 80.0. The van der Waals surface area contributed by atoms with E-state index in [-0.39, 0.29) is 6.04 Å². The normalized spacial score (nSPS) is 14.4. The Morgan fingerprint density at radius 3 is 0.713 bits per heavy atom. The van der Waals surface area contributed by atoms with Gasteiger partial charge < -0.3 is 70.5 Å². The van der Waals surface area contributed by atoms with Gasteiger partial charge in [0.2, 0.25) is 0 Å². The number of ether oxygens (including phenoxy) is 12. The molecule has 10 aliphatic rings. The third-order valence-corrected chi connectivity index (χ3v) is 30.1. The van der Waals surface area contributed by atoms with E-state index in [1.807, 2.05) is 21.5 Å². The maximum Gasteiger partial charge on any atom is 0.181 e. The van der Waals surface area contributed by atoms with Crippen LogP contribution in [0.1, 0.15) is 59.7 Å². The zero-order chi connectivity index (χ0) is 81.5. The van der Waals surface area contributed by atoms with Gasteiger partial charge in [-0.3, -0.25) is 0 Å². The number of thiophene rings is 6. The highest BCUT2D eigenvalue weighted by atomic mass is 32.1. The van der Waals surface area contributed by atoms with Gasteiger partial charge in [0.1, 0.15) is 79.3 Å². The average molecular weight is 1720 g/mol. The van der Waals surface area contributed by atoms with Crippen molar-refractivity contribution in [2.24, 2.45) is 0 Å². The van der Waals surface area contributed by atoms with E-state index in [4.69, 9.17) is 56.8 Å². The van der Waals surface area contributed by atoms with E-state index in [1.165, 1.54) is 110 Å². The molecule has 6 aromatic carbocycles. The quantitative estimate of drug-likeness (QED) is 0.122. The average Bonchev–Trinajstić information content (AvgIpc) is 1.57. The Bertz CT molecular complexity index is 6800. The predicted molar refractivity (Wildman–Crippen MR) is 499 cm³/mol. The van der Waals surface area contributed by atoms with E-state index >= 15 is 0 Å². The number of fused-ring (bicyclic) bond motifs is 17.